The van der Waals surface area contributed by atoms with Gasteiger partial charge in [-0.3, -0.25) is 4.57 Å². The molecule has 0 amide bonds. The average Bonchev–Trinajstić information content (AvgIpc) is 3.70. The third kappa shape index (κ3) is 10.1. The number of aryl methyl sites for hydroxylation is 2. The third-order valence-electron chi connectivity index (χ3n) is 7.79. The molecule has 3 heterocycles. The molecule has 0 aliphatic rings. The van der Waals surface area contributed by atoms with E-state index in [2.05, 4.69) is 63.4 Å². The van der Waals surface area contributed by atoms with Crippen molar-refractivity contribution in [2.24, 2.45) is 4.99 Å². The number of esters is 1. The third-order valence-corrected chi connectivity index (χ3v) is 11.7. The minimum atomic E-state index is -1.22. The predicted molar refractivity (Wildman–Crippen MR) is 206 cm³/mol. The normalized spacial score (nSPS) is 11.8. The number of para-hydroxylation sites is 1. The quantitative estimate of drug-likeness (QED) is 0.0509. The summed E-state index contributed by atoms with van der Waals surface area (Å²) in [5, 5.41) is 18.4. The molecule has 15 heteroatoms. The van der Waals surface area contributed by atoms with Gasteiger partial charge in [-0.05, 0) is 74.7 Å². The Kier molecular flexibility index (Phi) is 13.3. The Balaban J connectivity index is 1.32. The first-order chi connectivity index (χ1) is 25.0. The van der Waals surface area contributed by atoms with Gasteiger partial charge in [0.1, 0.15) is 13.3 Å². The second kappa shape index (κ2) is 17.8. The molecule has 1 N–H and O–H groups in total. The number of aromatic nitrogens is 4. The molecule has 274 valence electrons. The predicted octanol–water partition coefficient (Wildman–Crippen LogP) is 7.24. The number of rotatable bonds is 15. The van der Waals surface area contributed by atoms with Crippen LogP contribution in [0.5, 0.6) is 5.75 Å². The fourth-order valence-electron chi connectivity index (χ4n) is 4.96. The van der Waals surface area contributed by atoms with Crippen molar-refractivity contribution >= 4 is 63.7 Å². The van der Waals surface area contributed by atoms with Gasteiger partial charge >= 0.3 is 5.97 Å². The number of hydrogen-bond acceptors (Lipinski definition) is 12. The van der Waals surface area contributed by atoms with Crippen LogP contribution >= 0.6 is 22.7 Å². The molecule has 0 saturated carbocycles. The van der Waals surface area contributed by atoms with Crippen molar-refractivity contribution in [1.29, 1.82) is 0 Å². The number of aliphatic hydroxyl groups is 1. The highest BCUT2D eigenvalue weighted by Crippen LogP contribution is 2.32. The molecular formula is C37H43FN6O5S2Si. The van der Waals surface area contributed by atoms with Crippen molar-refractivity contribution < 1.29 is 28.5 Å². The highest BCUT2D eigenvalue weighted by Gasteiger charge is 2.23. The minimum Gasteiger partial charge on any atom is -0.491 e. The van der Waals surface area contributed by atoms with Gasteiger partial charge in [0.25, 0.3) is 0 Å². The van der Waals surface area contributed by atoms with Crippen molar-refractivity contribution in [3.05, 3.63) is 80.8 Å². The minimum absolute atomic E-state index is 0.0991. The molecule has 11 nitrogen and oxygen atoms in total. The van der Waals surface area contributed by atoms with E-state index in [-0.39, 0.29) is 31.3 Å². The highest BCUT2D eigenvalue weighted by atomic mass is 32.1. The number of thiazole rings is 2. The van der Waals surface area contributed by atoms with Crippen LogP contribution < -0.4 is 14.4 Å². The van der Waals surface area contributed by atoms with E-state index in [0.29, 0.717) is 48.5 Å². The number of halogens is 1. The first-order valence-electron chi connectivity index (χ1n) is 16.9. The molecule has 0 aliphatic heterocycles. The van der Waals surface area contributed by atoms with Crippen LogP contribution in [0.2, 0.25) is 25.7 Å². The van der Waals surface area contributed by atoms with Gasteiger partial charge in [-0.2, -0.15) is 4.99 Å². The maximum Gasteiger partial charge on any atom is 0.358 e. The summed E-state index contributed by atoms with van der Waals surface area (Å²) in [5.41, 5.74) is 2.54. The summed E-state index contributed by atoms with van der Waals surface area (Å²) >= 11 is 2.92. The maximum atomic E-state index is 14.5. The molecule has 5 aromatic rings. The van der Waals surface area contributed by atoms with Crippen molar-refractivity contribution in [3.8, 4) is 17.6 Å². The van der Waals surface area contributed by atoms with Crippen molar-refractivity contribution in [1.82, 2.24) is 19.7 Å². The van der Waals surface area contributed by atoms with E-state index < -0.39 is 19.9 Å². The molecular weight excluding hydrogens is 720 g/mol. The number of nitrogens with zero attached hydrogens (tertiary/aromatic N) is 6. The number of hydrogen-bond donors (Lipinski definition) is 1. The van der Waals surface area contributed by atoms with Gasteiger partial charge in [0, 0.05) is 32.2 Å². The van der Waals surface area contributed by atoms with E-state index in [4.69, 9.17) is 24.3 Å². The number of benzene rings is 2. The Morgan fingerprint density at radius 2 is 1.92 bits per heavy atom. The van der Waals surface area contributed by atoms with Crippen molar-refractivity contribution in [2.45, 2.75) is 59.1 Å². The van der Waals surface area contributed by atoms with E-state index >= 15 is 0 Å². The number of carbonyl (C=O) groups is 1. The SMILES string of the molecule is CCOC(=O)c1nc(N(C)c2cc(C)c(/N=c3\sc4ccccc4n3COCC[Si](C)(C)C)nn2)sc1CCCOc1ccc(C#CCO)cc1F. The fraction of sp³-hybridized carbons (Fsp3) is 0.378. The Morgan fingerprint density at radius 1 is 1.12 bits per heavy atom. The topological polar surface area (TPSA) is 124 Å². The lowest BCUT2D eigenvalue weighted by Crippen LogP contribution is -2.23. The second-order valence-electron chi connectivity index (χ2n) is 13.1. The van der Waals surface area contributed by atoms with Crippen LogP contribution in [0, 0.1) is 24.6 Å². The fourth-order valence-corrected chi connectivity index (χ4v) is 7.79. The summed E-state index contributed by atoms with van der Waals surface area (Å²) in [4.78, 5) is 25.7. The van der Waals surface area contributed by atoms with Gasteiger partial charge in [0.05, 0.1) is 23.4 Å². The van der Waals surface area contributed by atoms with Gasteiger partial charge in [-0.25, -0.2) is 14.2 Å². The summed E-state index contributed by atoms with van der Waals surface area (Å²) in [6.45, 7) is 11.9. The monoisotopic (exact) mass is 762 g/mol. The highest BCUT2D eigenvalue weighted by molar-refractivity contribution is 7.16. The van der Waals surface area contributed by atoms with E-state index in [0.717, 1.165) is 31.5 Å². The number of anilines is 2. The largest absolute Gasteiger partial charge is 0.491 e. The average molecular weight is 763 g/mol. The van der Waals surface area contributed by atoms with Crippen LogP contribution in [0.4, 0.5) is 21.2 Å². The van der Waals surface area contributed by atoms with E-state index in [1.807, 2.05) is 32.2 Å². The van der Waals surface area contributed by atoms with Crippen LogP contribution in [-0.4, -0.2) is 72.4 Å². The molecule has 0 unspecified atom stereocenters. The molecule has 0 bridgehead atoms. The van der Waals surface area contributed by atoms with Crippen LogP contribution in [-0.2, 0) is 22.6 Å². The first-order valence-corrected chi connectivity index (χ1v) is 22.3. The Bertz CT molecular complexity index is 2150. The van der Waals surface area contributed by atoms with Crippen LogP contribution in [0.1, 0.15) is 39.8 Å². The van der Waals surface area contributed by atoms with Gasteiger partial charge in [0.15, 0.2) is 38.8 Å². The number of ether oxygens (including phenoxy) is 3. The molecule has 3 aromatic heterocycles. The summed E-state index contributed by atoms with van der Waals surface area (Å²) < 4.78 is 34.8. The molecule has 0 fully saturated rings. The number of fused-ring (bicyclic) bond motifs is 1. The van der Waals surface area contributed by atoms with Crippen LogP contribution in [0.15, 0.2) is 53.5 Å². The van der Waals surface area contributed by atoms with Crippen molar-refractivity contribution in [3.63, 3.8) is 0 Å². The molecule has 52 heavy (non-hydrogen) atoms. The smallest absolute Gasteiger partial charge is 0.358 e. The maximum absolute atomic E-state index is 14.5. The Hall–Kier alpha value is -4.46. The number of aliphatic hydroxyl groups excluding tert-OH is 1. The summed E-state index contributed by atoms with van der Waals surface area (Å²) in [7, 11) is 0.595. The van der Waals surface area contributed by atoms with Gasteiger partial charge in [-0.1, -0.05) is 55.0 Å². The van der Waals surface area contributed by atoms with Gasteiger partial charge in [-0.15, -0.1) is 21.5 Å². The molecule has 0 atom stereocenters. The summed E-state index contributed by atoms with van der Waals surface area (Å²) in [6.07, 6.45) is 0.959. The zero-order valence-electron chi connectivity index (χ0n) is 30.2. The summed E-state index contributed by atoms with van der Waals surface area (Å²) in [6, 6.07) is 15.5. The first kappa shape index (κ1) is 38.8. The molecule has 2 aromatic carbocycles. The molecule has 0 radical (unpaired) electrons. The van der Waals surface area contributed by atoms with Gasteiger partial charge < -0.3 is 24.2 Å². The van der Waals surface area contributed by atoms with E-state index in [1.165, 1.54) is 23.5 Å². The van der Waals surface area contributed by atoms with E-state index in [9.17, 15) is 9.18 Å². The second-order valence-corrected chi connectivity index (χ2v) is 20.7. The lowest BCUT2D eigenvalue weighted by Gasteiger charge is -2.16. The molecule has 0 spiro atoms. The summed E-state index contributed by atoms with van der Waals surface area (Å²) in [5.74, 6) is 5.24. The zero-order chi connectivity index (χ0) is 37.3. The molecule has 5 rings (SSSR count). The number of carbonyl (C=O) groups excluding carboxylic acids is 1. The van der Waals surface area contributed by atoms with Crippen LogP contribution in [0.3, 0.4) is 0 Å². The Labute approximate surface area is 311 Å². The van der Waals surface area contributed by atoms with Gasteiger partial charge in [0.2, 0.25) is 0 Å². The van der Waals surface area contributed by atoms with E-state index in [1.54, 1.807) is 29.2 Å². The Morgan fingerprint density at radius 3 is 2.65 bits per heavy atom. The lowest BCUT2D eigenvalue weighted by molar-refractivity contribution is 0.0519. The van der Waals surface area contributed by atoms with Crippen LogP contribution in [0.25, 0.3) is 10.2 Å². The van der Waals surface area contributed by atoms with Crippen molar-refractivity contribution in [2.75, 3.05) is 38.4 Å². The molecule has 0 aliphatic carbocycles. The lowest BCUT2D eigenvalue weighted by atomic mass is 10.2. The molecule has 0 saturated heterocycles. The standard InChI is InChI=1S/C37H43FN6O5S2Si/c1-7-48-35(46)33-31(15-11-19-49-29-17-16-26(12-10-18-45)23-27(29)38)51-36(39-33)43(3)32-22-25(2)34(42-41-32)40-37-44(24-47-20-21-52(4,5)6)28-13-8-9-14-30(28)50-37/h8-9,13-14,16-17,22-23,45H,7,11,15,18-21,24H2,1-6H3/b40-37-. The zero-order valence-corrected chi connectivity index (χ0v) is 32.9.